The third-order valence-electron chi connectivity index (χ3n) is 10.8. The van der Waals surface area contributed by atoms with Gasteiger partial charge in [0.15, 0.2) is 0 Å². The van der Waals surface area contributed by atoms with Crippen LogP contribution in [0.2, 0.25) is 0 Å². The van der Waals surface area contributed by atoms with Gasteiger partial charge in [-0.05, 0) is 65.0 Å². The predicted octanol–water partition coefficient (Wildman–Crippen LogP) is 10.5. The number of para-hydroxylation sites is 5. The predicted molar refractivity (Wildman–Crippen MR) is 210 cm³/mol. The second kappa shape index (κ2) is 9.31. The van der Waals surface area contributed by atoms with Crippen molar-refractivity contribution in [1.82, 2.24) is 9.05 Å². The third kappa shape index (κ3) is 3.23. The molecule has 10 aromatic rings. The fourth-order valence-corrected chi connectivity index (χ4v) is 10.2. The maximum atomic E-state index is 2.70. The topological polar surface area (TPSA) is 13.1 Å². The van der Waals surface area contributed by atoms with E-state index in [1.165, 1.54) is 80.8 Å². The van der Waals surface area contributed by atoms with E-state index in [4.69, 9.17) is 0 Å². The lowest BCUT2D eigenvalue weighted by atomic mass is 9.45. The standard InChI is InChI=1S/C44H26BN3S/c1-3-13-27(14-4-1)46(28-15-5-2-6-16-28)29-25-35-32-19-11-21-34-41(32)48(43-33-18-8-10-24-39(33)49-44(34)43)45-36-22-12-20-31-30-17-7-9-23-37(30)47(42(31)36)38(26-29)40(35)45/h1-26H. The first-order valence-corrected chi connectivity index (χ1v) is 17.7. The minimum atomic E-state index is 0.0365. The van der Waals surface area contributed by atoms with Gasteiger partial charge in [-0.15, -0.1) is 11.3 Å². The van der Waals surface area contributed by atoms with E-state index in [1.807, 2.05) is 11.3 Å². The van der Waals surface area contributed by atoms with E-state index in [9.17, 15) is 0 Å². The van der Waals surface area contributed by atoms with Crippen molar-refractivity contribution in [3.05, 3.63) is 158 Å². The summed E-state index contributed by atoms with van der Waals surface area (Å²) in [5.74, 6) is 0. The molecule has 12 rings (SSSR count). The number of fused-ring (bicyclic) bond motifs is 12. The highest BCUT2D eigenvalue weighted by Gasteiger charge is 2.42. The van der Waals surface area contributed by atoms with Crippen LogP contribution in [0.3, 0.4) is 0 Å². The van der Waals surface area contributed by atoms with Crippen molar-refractivity contribution in [2.24, 2.45) is 0 Å². The van der Waals surface area contributed by atoms with Gasteiger partial charge in [-0.2, -0.15) is 0 Å². The molecule has 0 saturated carbocycles. The minimum absolute atomic E-state index is 0.0365. The molecular formula is C44H26BN3S. The zero-order chi connectivity index (χ0) is 31.8. The molecular weight excluding hydrogens is 613 g/mol. The molecule has 0 unspecified atom stereocenters. The van der Waals surface area contributed by atoms with Crippen LogP contribution in [-0.2, 0) is 0 Å². The molecule has 3 nitrogen and oxygen atoms in total. The molecule has 0 fully saturated rings. The van der Waals surface area contributed by atoms with Crippen molar-refractivity contribution < 1.29 is 0 Å². The summed E-state index contributed by atoms with van der Waals surface area (Å²) in [5.41, 5.74) is 15.3. The molecule has 5 heteroatoms. The maximum absolute atomic E-state index is 2.70. The van der Waals surface area contributed by atoms with Crippen LogP contribution >= 0.6 is 11.3 Å². The van der Waals surface area contributed by atoms with Gasteiger partial charge in [0.05, 0.1) is 21.3 Å². The van der Waals surface area contributed by atoms with Crippen molar-refractivity contribution >= 4 is 99.2 Å². The average molecular weight is 640 g/mol. The van der Waals surface area contributed by atoms with Gasteiger partial charge < -0.3 is 13.9 Å². The van der Waals surface area contributed by atoms with E-state index >= 15 is 0 Å². The summed E-state index contributed by atoms with van der Waals surface area (Å²) >= 11 is 1.93. The van der Waals surface area contributed by atoms with Gasteiger partial charge in [0, 0.05) is 60.1 Å². The summed E-state index contributed by atoms with van der Waals surface area (Å²) in [6, 6.07) is 58.3. The van der Waals surface area contributed by atoms with Gasteiger partial charge in [-0.3, -0.25) is 0 Å². The molecule has 0 atom stereocenters. The largest absolute Gasteiger partial charge is 0.374 e. The van der Waals surface area contributed by atoms with Crippen molar-refractivity contribution in [1.29, 1.82) is 0 Å². The summed E-state index contributed by atoms with van der Waals surface area (Å²) in [4.78, 5) is 2.41. The van der Waals surface area contributed by atoms with Crippen LogP contribution in [0.15, 0.2) is 158 Å². The zero-order valence-electron chi connectivity index (χ0n) is 26.3. The van der Waals surface area contributed by atoms with Gasteiger partial charge in [-0.1, -0.05) is 109 Å². The first-order valence-electron chi connectivity index (χ1n) is 16.9. The van der Waals surface area contributed by atoms with Gasteiger partial charge >= 0.3 is 6.85 Å². The lowest BCUT2D eigenvalue weighted by Gasteiger charge is -2.36. The molecule has 226 valence electrons. The number of anilines is 3. The Labute approximate surface area is 286 Å². The molecule has 7 aromatic carbocycles. The summed E-state index contributed by atoms with van der Waals surface area (Å²) in [7, 11) is 0. The average Bonchev–Trinajstić information content (AvgIpc) is 3.81. The first kappa shape index (κ1) is 26.0. The lowest BCUT2D eigenvalue weighted by Crippen LogP contribution is -2.55. The van der Waals surface area contributed by atoms with Crippen molar-refractivity contribution in [2.75, 3.05) is 4.90 Å². The number of rotatable bonds is 3. The third-order valence-corrected chi connectivity index (χ3v) is 12.0. The Hall–Kier alpha value is -6.04. The number of aromatic nitrogens is 2. The Kier molecular flexibility index (Phi) is 4.94. The summed E-state index contributed by atoms with van der Waals surface area (Å²) in [5, 5.41) is 5.28. The number of hydrogen-bond donors (Lipinski definition) is 0. The molecule has 0 radical (unpaired) electrons. The van der Waals surface area contributed by atoms with E-state index in [-0.39, 0.29) is 6.85 Å². The summed E-state index contributed by atoms with van der Waals surface area (Å²) in [6.45, 7) is 0.0365. The highest BCUT2D eigenvalue weighted by atomic mass is 32.1. The fourth-order valence-electron chi connectivity index (χ4n) is 9.02. The quantitative estimate of drug-likeness (QED) is 0.175. The summed E-state index contributed by atoms with van der Waals surface area (Å²) in [6.07, 6.45) is 0. The SMILES string of the molecule is c1ccc(N(c2ccccc2)c2cc3c4c(c2)-n2c5ccccc5c5cccc(c52)B4n2c4c-3cccc4c3sc4ccccc4c32)cc1. The van der Waals surface area contributed by atoms with Crippen molar-refractivity contribution in [3.8, 4) is 16.8 Å². The van der Waals surface area contributed by atoms with Crippen LogP contribution in [0.5, 0.6) is 0 Å². The highest BCUT2D eigenvalue weighted by Crippen LogP contribution is 2.48. The van der Waals surface area contributed by atoms with Crippen LogP contribution in [0.4, 0.5) is 17.1 Å². The minimum Gasteiger partial charge on any atom is -0.374 e. The van der Waals surface area contributed by atoms with Gasteiger partial charge in [0.25, 0.3) is 0 Å². The molecule has 0 saturated heterocycles. The molecule has 3 aromatic heterocycles. The number of hydrogen-bond acceptors (Lipinski definition) is 2. The van der Waals surface area contributed by atoms with Crippen LogP contribution in [0.1, 0.15) is 0 Å². The number of nitrogens with zero attached hydrogens (tertiary/aromatic N) is 3. The van der Waals surface area contributed by atoms with Gasteiger partial charge in [-0.25, -0.2) is 0 Å². The monoisotopic (exact) mass is 639 g/mol. The molecule has 2 aliphatic rings. The van der Waals surface area contributed by atoms with Crippen LogP contribution in [-0.4, -0.2) is 15.9 Å². The Morgan fingerprint density at radius 3 is 1.98 bits per heavy atom. The van der Waals surface area contributed by atoms with Crippen LogP contribution in [0.25, 0.3) is 69.8 Å². The Morgan fingerprint density at radius 2 is 1.16 bits per heavy atom. The molecule has 0 bridgehead atoms. The molecule has 0 aliphatic carbocycles. The van der Waals surface area contributed by atoms with E-state index in [0.29, 0.717) is 0 Å². The van der Waals surface area contributed by atoms with Gasteiger partial charge in [0.2, 0.25) is 0 Å². The normalized spacial score (nSPS) is 12.9. The zero-order valence-corrected chi connectivity index (χ0v) is 27.2. The van der Waals surface area contributed by atoms with Crippen LogP contribution in [0, 0.1) is 0 Å². The summed E-state index contributed by atoms with van der Waals surface area (Å²) < 4.78 is 7.98. The lowest BCUT2D eigenvalue weighted by molar-refractivity contribution is 1.17. The van der Waals surface area contributed by atoms with E-state index in [0.717, 1.165) is 17.1 Å². The smallest absolute Gasteiger partial charge is 0.333 e. The second-order valence-electron chi connectivity index (χ2n) is 13.3. The Balaban J connectivity index is 1.30. The van der Waals surface area contributed by atoms with Crippen molar-refractivity contribution in [3.63, 3.8) is 0 Å². The second-order valence-corrected chi connectivity index (χ2v) is 14.3. The van der Waals surface area contributed by atoms with Gasteiger partial charge in [0.1, 0.15) is 0 Å². The maximum Gasteiger partial charge on any atom is 0.333 e. The molecule has 49 heavy (non-hydrogen) atoms. The molecule has 0 amide bonds. The van der Waals surface area contributed by atoms with E-state index in [2.05, 4.69) is 172 Å². The number of thiophene rings is 1. The van der Waals surface area contributed by atoms with Crippen LogP contribution < -0.4 is 15.8 Å². The van der Waals surface area contributed by atoms with E-state index < -0.39 is 0 Å². The Bertz CT molecular complexity index is 2970. The fraction of sp³-hybridized carbons (Fsp3) is 0. The Morgan fingerprint density at radius 1 is 0.490 bits per heavy atom. The molecule has 2 aliphatic heterocycles. The van der Waals surface area contributed by atoms with Crippen molar-refractivity contribution in [2.45, 2.75) is 0 Å². The van der Waals surface area contributed by atoms with E-state index in [1.54, 1.807) is 0 Å². The molecule has 0 spiro atoms. The molecule has 0 N–H and O–H groups in total. The molecule has 5 heterocycles. The highest BCUT2D eigenvalue weighted by molar-refractivity contribution is 7.27. The first-order chi connectivity index (χ1) is 24.3. The number of benzene rings is 7.